The summed E-state index contributed by atoms with van der Waals surface area (Å²) in [6.07, 6.45) is 7.18. The Hall–Kier alpha value is -1.64. The Morgan fingerprint density at radius 1 is 1.00 bits per heavy atom. The molecule has 0 saturated heterocycles. The molecule has 0 heterocycles. The monoisotopic (exact) mass is 296 g/mol. The van der Waals surface area contributed by atoms with Crippen LogP contribution in [0.4, 0.5) is 0 Å². The van der Waals surface area contributed by atoms with Gasteiger partial charge >= 0.3 is 0 Å². The fourth-order valence-corrected chi connectivity index (χ4v) is 3.89. The van der Waals surface area contributed by atoms with Gasteiger partial charge in [-0.2, -0.15) is 0 Å². The molecule has 21 heavy (non-hydrogen) atoms. The highest BCUT2D eigenvalue weighted by Crippen LogP contribution is 2.14. The average molecular weight is 296 g/mol. The Bertz CT molecular complexity index is 576. The first-order valence-electron chi connectivity index (χ1n) is 7.61. The zero-order valence-corrected chi connectivity index (χ0v) is 14.0. The number of rotatable bonds is 9. The molecule has 0 radical (unpaired) electrons. The molecule has 0 unspecified atom stereocenters. The van der Waals surface area contributed by atoms with E-state index in [1.807, 2.05) is 12.2 Å². The molecule has 0 saturated carbocycles. The van der Waals surface area contributed by atoms with Gasteiger partial charge in [0.25, 0.3) is 0 Å². The summed E-state index contributed by atoms with van der Waals surface area (Å²) in [6, 6.07) is 15.0. The van der Waals surface area contributed by atoms with Crippen LogP contribution in [0.2, 0.25) is 0 Å². The van der Waals surface area contributed by atoms with E-state index < -0.39 is 9.76 Å². The van der Waals surface area contributed by atoms with Crippen molar-refractivity contribution in [3.8, 4) is 0 Å². The molecule has 2 rings (SSSR count). The van der Waals surface area contributed by atoms with Crippen LogP contribution in [0.15, 0.2) is 67.8 Å². The minimum absolute atomic E-state index is 0.626. The molecule has 0 spiro atoms. The molecule has 2 heteroatoms. The molecule has 0 aromatic heterocycles. The van der Waals surface area contributed by atoms with Gasteiger partial charge in [0.15, 0.2) is 9.76 Å². The number of benzene rings is 2. The van der Waals surface area contributed by atoms with Gasteiger partial charge in [0, 0.05) is 6.61 Å². The predicted molar refractivity (Wildman–Crippen MR) is 95.8 cm³/mol. The fourth-order valence-electron chi connectivity index (χ4n) is 2.65. The van der Waals surface area contributed by atoms with Crippen LogP contribution in [0, 0.1) is 5.92 Å². The SMILES string of the molecule is C=CCC(CC=C)CCO[SiH2]c1cccc2ccccc12. The number of hydrogen-bond donors (Lipinski definition) is 0. The first-order chi connectivity index (χ1) is 10.3. The predicted octanol–water partition coefficient (Wildman–Crippen LogP) is 3.72. The van der Waals surface area contributed by atoms with Crippen LogP contribution in [0.3, 0.4) is 0 Å². The van der Waals surface area contributed by atoms with E-state index in [0.717, 1.165) is 25.9 Å². The van der Waals surface area contributed by atoms with Gasteiger partial charge in [0.1, 0.15) is 0 Å². The van der Waals surface area contributed by atoms with E-state index >= 15 is 0 Å². The van der Waals surface area contributed by atoms with E-state index in [-0.39, 0.29) is 0 Å². The molecule has 0 aliphatic rings. The molecule has 0 aliphatic carbocycles. The molecule has 2 aromatic rings. The van der Waals surface area contributed by atoms with Crippen LogP contribution in [-0.4, -0.2) is 16.4 Å². The Morgan fingerprint density at radius 2 is 1.71 bits per heavy atom. The Kier molecular flexibility index (Phi) is 6.45. The van der Waals surface area contributed by atoms with Gasteiger partial charge in [-0.25, -0.2) is 0 Å². The van der Waals surface area contributed by atoms with Crippen LogP contribution in [-0.2, 0) is 4.43 Å². The second-order valence-corrected chi connectivity index (χ2v) is 6.85. The third-order valence-electron chi connectivity index (χ3n) is 3.81. The maximum atomic E-state index is 6.02. The van der Waals surface area contributed by atoms with E-state index in [4.69, 9.17) is 4.43 Å². The third-order valence-corrected chi connectivity index (χ3v) is 5.23. The minimum Gasteiger partial charge on any atom is -0.419 e. The van der Waals surface area contributed by atoms with Crippen LogP contribution in [0.1, 0.15) is 19.3 Å². The van der Waals surface area contributed by atoms with Crippen LogP contribution in [0.5, 0.6) is 0 Å². The van der Waals surface area contributed by atoms with Crippen LogP contribution in [0.25, 0.3) is 10.8 Å². The summed E-state index contributed by atoms with van der Waals surface area (Å²) in [5.74, 6) is 0.626. The highest BCUT2D eigenvalue weighted by atomic mass is 28.2. The van der Waals surface area contributed by atoms with Crippen molar-refractivity contribution in [1.82, 2.24) is 0 Å². The largest absolute Gasteiger partial charge is 0.419 e. The highest BCUT2D eigenvalue weighted by molar-refractivity contribution is 6.51. The lowest BCUT2D eigenvalue weighted by molar-refractivity contribution is 0.295. The zero-order chi connectivity index (χ0) is 14.9. The minimum atomic E-state index is -0.656. The first-order valence-corrected chi connectivity index (χ1v) is 8.89. The maximum absolute atomic E-state index is 6.02. The molecule has 0 aliphatic heterocycles. The van der Waals surface area contributed by atoms with Crippen molar-refractivity contribution in [2.24, 2.45) is 5.92 Å². The number of fused-ring (bicyclic) bond motifs is 1. The van der Waals surface area contributed by atoms with Gasteiger partial charge in [0.2, 0.25) is 0 Å². The van der Waals surface area contributed by atoms with Crippen molar-refractivity contribution < 1.29 is 4.43 Å². The van der Waals surface area contributed by atoms with E-state index in [0.29, 0.717) is 5.92 Å². The van der Waals surface area contributed by atoms with Gasteiger partial charge in [-0.3, -0.25) is 0 Å². The van der Waals surface area contributed by atoms with E-state index in [9.17, 15) is 0 Å². The van der Waals surface area contributed by atoms with Crippen molar-refractivity contribution in [1.29, 1.82) is 0 Å². The van der Waals surface area contributed by atoms with E-state index in [1.165, 1.54) is 16.0 Å². The molecule has 0 atom stereocenters. The molecule has 0 N–H and O–H groups in total. The summed E-state index contributed by atoms with van der Waals surface area (Å²) < 4.78 is 6.02. The molecule has 0 fully saturated rings. The molecule has 0 amide bonds. The van der Waals surface area contributed by atoms with Crippen molar-refractivity contribution >= 4 is 25.7 Å². The lowest BCUT2D eigenvalue weighted by Crippen LogP contribution is -2.19. The third kappa shape index (κ3) is 4.69. The molecule has 110 valence electrons. The Balaban J connectivity index is 1.87. The van der Waals surface area contributed by atoms with Gasteiger partial charge in [-0.1, -0.05) is 54.6 Å². The van der Waals surface area contributed by atoms with Crippen molar-refractivity contribution in [3.05, 3.63) is 67.8 Å². The summed E-state index contributed by atoms with van der Waals surface area (Å²) in [5, 5.41) is 4.06. The number of allylic oxidation sites excluding steroid dienone is 2. The van der Waals surface area contributed by atoms with Crippen LogP contribution < -0.4 is 5.19 Å². The van der Waals surface area contributed by atoms with Crippen molar-refractivity contribution in [3.63, 3.8) is 0 Å². The number of hydrogen-bond acceptors (Lipinski definition) is 1. The lowest BCUT2D eigenvalue weighted by Gasteiger charge is -2.13. The van der Waals surface area contributed by atoms with Crippen molar-refractivity contribution in [2.45, 2.75) is 19.3 Å². The van der Waals surface area contributed by atoms with Gasteiger partial charge in [0.05, 0.1) is 0 Å². The topological polar surface area (TPSA) is 9.23 Å². The standard InChI is InChI=1S/C19H24OSi/c1-3-8-16(9-4-2)14-15-20-21-19-13-7-11-17-10-5-6-12-18(17)19/h3-7,10-13,16H,1-2,8-9,14-15,21H2. The highest BCUT2D eigenvalue weighted by Gasteiger charge is 2.06. The Morgan fingerprint density at radius 3 is 2.48 bits per heavy atom. The molecule has 1 nitrogen and oxygen atoms in total. The van der Waals surface area contributed by atoms with E-state index in [2.05, 4.69) is 55.6 Å². The summed E-state index contributed by atoms with van der Waals surface area (Å²) in [6.45, 7) is 8.50. The lowest BCUT2D eigenvalue weighted by atomic mass is 9.98. The normalized spacial score (nSPS) is 11.5. The van der Waals surface area contributed by atoms with Gasteiger partial charge < -0.3 is 4.43 Å². The van der Waals surface area contributed by atoms with Gasteiger partial charge in [-0.15, -0.1) is 13.2 Å². The Labute approximate surface area is 130 Å². The molecular weight excluding hydrogens is 272 g/mol. The summed E-state index contributed by atoms with van der Waals surface area (Å²) >= 11 is 0. The van der Waals surface area contributed by atoms with Crippen LogP contribution >= 0.6 is 0 Å². The van der Waals surface area contributed by atoms with Gasteiger partial charge in [-0.05, 0) is 41.1 Å². The summed E-state index contributed by atoms with van der Waals surface area (Å²) in [5.41, 5.74) is 0. The fraction of sp³-hybridized carbons (Fsp3) is 0.263. The maximum Gasteiger partial charge on any atom is 0.192 e. The van der Waals surface area contributed by atoms with E-state index in [1.54, 1.807) is 0 Å². The first kappa shape index (κ1) is 15.7. The molecule has 0 bridgehead atoms. The second-order valence-electron chi connectivity index (χ2n) is 5.39. The summed E-state index contributed by atoms with van der Waals surface area (Å²) in [4.78, 5) is 0. The molecular formula is C19H24OSi. The summed E-state index contributed by atoms with van der Waals surface area (Å²) in [7, 11) is -0.656. The second kappa shape index (κ2) is 8.60. The quantitative estimate of drug-likeness (QED) is 0.389. The smallest absolute Gasteiger partial charge is 0.192 e. The zero-order valence-electron chi connectivity index (χ0n) is 12.6. The molecule has 2 aromatic carbocycles. The van der Waals surface area contributed by atoms with Crippen molar-refractivity contribution in [2.75, 3.05) is 6.61 Å². The average Bonchev–Trinajstić information content (AvgIpc) is 2.52.